The first-order chi connectivity index (χ1) is 9.64. The van der Waals surface area contributed by atoms with Crippen molar-refractivity contribution >= 4 is 0 Å². The van der Waals surface area contributed by atoms with Crippen LogP contribution in [-0.2, 0) is 11.6 Å². The van der Waals surface area contributed by atoms with Crippen molar-refractivity contribution in [2.24, 2.45) is 0 Å². The van der Waals surface area contributed by atoms with Crippen LogP contribution in [0.2, 0.25) is 0 Å². The van der Waals surface area contributed by atoms with Gasteiger partial charge in [0.25, 0.3) is 0 Å². The van der Waals surface area contributed by atoms with Crippen molar-refractivity contribution in [3.05, 3.63) is 41.2 Å². The van der Waals surface area contributed by atoms with Crippen molar-refractivity contribution in [2.45, 2.75) is 32.4 Å². The van der Waals surface area contributed by atoms with E-state index in [9.17, 15) is 13.2 Å². The average Bonchev–Trinajstić information content (AvgIpc) is 2.81. The molecule has 2 aromatic rings. The molecule has 0 bridgehead atoms. The van der Waals surface area contributed by atoms with Crippen molar-refractivity contribution in [3.8, 4) is 11.8 Å². The first kappa shape index (κ1) is 15.0. The molecule has 0 aliphatic carbocycles. The lowest BCUT2D eigenvalue weighted by atomic mass is 9.90. The number of nitriles is 1. The molecule has 110 valence electrons. The number of aromatic nitrogens is 3. The predicted octanol–water partition coefficient (Wildman–Crippen LogP) is 3.46. The SMILES string of the molecule is CC(C)(C)c1c(C#N)nnn1-c1cccc(C(F)(F)F)c1. The summed E-state index contributed by atoms with van der Waals surface area (Å²) in [5, 5.41) is 16.6. The Balaban J connectivity index is 2.64. The van der Waals surface area contributed by atoms with E-state index in [1.165, 1.54) is 16.8 Å². The Labute approximate surface area is 119 Å². The van der Waals surface area contributed by atoms with Crippen molar-refractivity contribution < 1.29 is 13.2 Å². The summed E-state index contributed by atoms with van der Waals surface area (Å²) >= 11 is 0. The summed E-state index contributed by atoms with van der Waals surface area (Å²) in [7, 11) is 0. The van der Waals surface area contributed by atoms with Crippen LogP contribution in [0.1, 0.15) is 37.7 Å². The second kappa shape index (κ2) is 4.88. The first-order valence-electron chi connectivity index (χ1n) is 6.18. The second-order valence-corrected chi connectivity index (χ2v) is 5.61. The number of benzene rings is 1. The highest BCUT2D eigenvalue weighted by Crippen LogP contribution is 2.32. The maximum Gasteiger partial charge on any atom is 0.416 e. The van der Waals surface area contributed by atoms with Crippen LogP contribution in [0.15, 0.2) is 24.3 Å². The highest BCUT2D eigenvalue weighted by atomic mass is 19.4. The van der Waals surface area contributed by atoms with Crippen LogP contribution in [0.5, 0.6) is 0 Å². The molecule has 2 rings (SSSR count). The zero-order valence-corrected chi connectivity index (χ0v) is 11.7. The van der Waals surface area contributed by atoms with E-state index in [-0.39, 0.29) is 11.4 Å². The summed E-state index contributed by atoms with van der Waals surface area (Å²) in [6.07, 6.45) is -4.43. The van der Waals surface area contributed by atoms with Gasteiger partial charge in [-0.15, -0.1) is 5.10 Å². The van der Waals surface area contributed by atoms with Crippen LogP contribution in [0, 0.1) is 11.3 Å². The molecule has 0 aliphatic heterocycles. The molecule has 0 saturated carbocycles. The number of nitrogens with zero attached hydrogens (tertiary/aromatic N) is 4. The van der Waals surface area contributed by atoms with Crippen LogP contribution in [-0.4, -0.2) is 15.0 Å². The third-order valence-corrected chi connectivity index (χ3v) is 2.90. The van der Waals surface area contributed by atoms with Crippen molar-refractivity contribution in [2.75, 3.05) is 0 Å². The van der Waals surface area contributed by atoms with Crippen LogP contribution < -0.4 is 0 Å². The van der Waals surface area contributed by atoms with E-state index in [0.29, 0.717) is 5.69 Å². The summed E-state index contributed by atoms with van der Waals surface area (Å²) in [4.78, 5) is 0. The minimum absolute atomic E-state index is 0.111. The number of rotatable bonds is 1. The summed E-state index contributed by atoms with van der Waals surface area (Å²) in [5.41, 5.74) is -0.440. The number of halogens is 3. The molecular formula is C14H13F3N4. The van der Waals surface area contributed by atoms with E-state index in [1.54, 1.807) is 0 Å². The number of alkyl halides is 3. The maximum atomic E-state index is 12.8. The fourth-order valence-corrected chi connectivity index (χ4v) is 2.02. The Morgan fingerprint density at radius 2 is 1.86 bits per heavy atom. The van der Waals surface area contributed by atoms with Crippen LogP contribution in [0.3, 0.4) is 0 Å². The van der Waals surface area contributed by atoms with Crippen LogP contribution >= 0.6 is 0 Å². The number of hydrogen-bond acceptors (Lipinski definition) is 3. The highest BCUT2D eigenvalue weighted by molar-refractivity contribution is 5.41. The van der Waals surface area contributed by atoms with Crippen LogP contribution in [0.4, 0.5) is 13.2 Å². The zero-order valence-electron chi connectivity index (χ0n) is 11.7. The van der Waals surface area contributed by atoms with Crippen LogP contribution in [0.25, 0.3) is 5.69 Å². The monoisotopic (exact) mass is 294 g/mol. The summed E-state index contributed by atoms with van der Waals surface area (Å²) in [5.74, 6) is 0. The van der Waals surface area contributed by atoms with Gasteiger partial charge in [-0.1, -0.05) is 32.1 Å². The van der Waals surface area contributed by atoms with Gasteiger partial charge in [-0.3, -0.25) is 0 Å². The summed E-state index contributed by atoms with van der Waals surface area (Å²) in [6.45, 7) is 5.53. The summed E-state index contributed by atoms with van der Waals surface area (Å²) in [6, 6.07) is 6.70. The van der Waals surface area contributed by atoms with E-state index in [1.807, 2.05) is 26.8 Å². The van der Waals surface area contributed by atoms with Gasteiger partial charge in [0.1, 0.15) is 6.07 Å². The molecule has 4 nitrogen and oxygen atoms in total. The Hall–Kier alpha value is -2.36. The predicted molar refractivity (Wildman–Crippen MR) is 69.8 cm³/mol. The molecule has 0 fully saturated rings. The van der Waals surface area contributed by atoms with E-state index in [2.05, 4.69) is 10.3 Å². The van der Waals surface area contributed by atoms with Gasteiger partial charge in [0.2, 0.25) is 0 Å². The smallest absolute Gasteiger partial charge is 0.216 e. The quantitative estimate of drug-likeness (QED) is 0.809. The molecular weight excluding hydrogens is 281 g/mol. The lowest BCUT2D eigenvalue weighted by Crippen LogP contribution is -2.19. The average molecular weight is 294 g/mol. The van der Waals surface area contributed by atoms with Gasteiger partial charge in [0.05, 0.1) is 16.9 Å². The van der Waals surface area contributed by atoms with E-state index in [0.717, 1.165) is 12.1 Å². The van der Waals surface area contributed by atoms with Crippen molar-refractivity contribution in [1.29, 1.82) is 5.26 Å². The molecule has 0 radical (unpaired) electrons. The first-order valence-corrected chi connectivity index (χ1v) is 6.18. The Morgan fingerprint density at radius 3 is 2.38 bits per heavy atom. The molecule has 0 amide bonds. The van der Waals surface area contributed by atoms with Gasteiger partial charge in [-0.2, -0.15) is 18.4 Å². The van der Waals surface area contributed by atoms with Gasteiger partial charge < -0.3 is 0 Å². The van der Waals surface area contributed by atoms with Gasteiger partial charge in [0, 0.05) is 5.41 Å². The molecule has 0 unspecified atom stereocenters. The van der Waals surface area contributed by atoms with E-state index < -0.39 is 17.2 Å². The third-order valence-electron chi connectivity index (χ3n) is 2.90. The van der Waals surface area contributed by atoms with E-state index >= 15 is 0 Å². The largest absolute Gasteiger partial charge is 0.416 e. The van der Waals surface area contributed by atoms with Crippen molar-refractivity contribution in [1.82, 2.24) is 15.0 Å². The van der Waals surface area contributed by atoms with Gasteiger partial charge in [-0.25, -0.2) is 4.68 Å². The molecule has 0 N–H and O–H groups in total. The topological polar surface area (TPSA) is 54.5 Å². The fraction of sp³-hybridized carbons (Fsp3) is 0.357. The molecule has 0 atom stereocenters. The molecule has 0 aliphatic rings. The lowest BCUT2D eigenvalue weighted by molar-refractivity contribution is -0.137. The minimum atomic E-state index is -4.43. The highest BCUT2D eigenvalue weighted by Gasteiger charge is 2.32. The lowest BCUT2D eigenvalue weighted by Gasteiger charge is -2.20. The zero-order chi connectivity index (χ0) is 15.8. The fourth-order valence-electron chi connectivity index (χ4n) is 2.02. The molecule has 0 spiro atoms. The standard InChI is InChI=1S/C14H13F3N4/c1-13(2,3)12-11(8-18)19-20-21(12)10-6-4-5-9(7-10)14(15,16)17/h4-7H,1-3H3. The van der Waals surface area contributed by atoms with E-state index in [4.69, 9.17) is 5.26 Å². The van der Waals surface area contributed by atoms with Gasteiger partial charge >= 0.3 is 6.18 Å². The Morgan fingerprint density at radius 1 is 1.19 bits per heavy atom. The Kier molecular flexibility index (Phi) is 3.49. The van der Waals surface area contributed by atoms with Gasteiger partial charge in [-0.05, 0) is 18.2 Å². The normalized spacial score (nSPS) is 12.2. The Bertz CT molecular complexity index is 702. The minimum Gasteiger partial charge on any atom is -0.216 e. The molecule has 0 saturated heterocycles. The molecule has 1 aromatic carbocycles. The number of hydrogen-bond donors (Lipinski definition) is 0. The maximum absolute atomic E-state index is 12.8. The summed E-state index contributed by atoms with van der Waals surface area (Å²) < 4.78 is 39.7. The second-order valence-electron chi connectivity index (χ2n) is 5.61. The molecule has 1 aromatic heterocycles. The third kappa shape index (κ3) is 2.89. The van der Waals surface area contributed by atoms with Gasteiger partial charge in [0.15, 0.2) is 5.69 Å². The molecule has 1 heterocycles. The molecule has 7 heteroatoms. The van der Waals surface area contributed by atoms with Crippen molar-refractivity contribution in [3.63, 3.8) is 0 Å². The molecule has 21 heavy (non-hydrogen) atoms.